The normalized spacial score (nSPS) is 9.18. The zero-order valence-electron chi connectivity index (χ0n) is 6.28. The molecule has 0 spiro atoms. The fraction of sp³-hybridized carbons (Fsp3) is 0.250. The molecule has 1 aromatic rings. The van der Waals surface area contributed by atoms with E-state index in [0.29, 0.717) is 12.2 Å². The first-order valence-corrected chi connectivity index (χ1v) is 3.41. The molecule has 3 nitrogen and oxygen atoms in total. The fourth-order valence-corrected chi connectivity index (χ4v) is 0.702. The van der Waals surface area contributed by atoms with Gasteiger partial charge < -0.3 is 4.74 Å². The molecule has 0 bridgehead atoms. The van der Waals surface area contributed by atoms with E-state index < -0.39 is 0 Å². The van der Waals surface area contributed by atoms with Crippen molar-refractivity contribution < 1.29 is 9.53 Å². The summed E-state index contributed by atoms with van der Waals surface area (Å²) in [7, 11) is 0. The first-order chi connectivity index (χ1) is 5.34. The molecule has 0 aliphatic heterocycles. The number of rotatable bonds is 2. The first-order valence-electron chi connectivity index (χ1n) is 3.41. The van der Waals surface area contributed by atoms with Crippen LogP contribution in [0.3, 0.4) is 0 Å². The molecule has 0 aliphatic rings. The summed E-state index contributed by atoms with van der Waals surface area (Å²) in [5, 5.41) is 0. The number of pyridine rings is 1. The maximum atomic E-state index is 11.0. The minimum Gasteiger partial charge on any atom is -0.462 e. The van der Waals surface area contributed by atoms with Crippen LogP contribution in [-0.2, 0) is 4.74 Å². The Hall–Kier alpha value is -1.38. The molecular weight excluding hydrogens is 143 g/mol. The van der Waals surface area contributed by atoms with Crippen molar-refractivity contribution in [3.8, 4) is 0 Å². The lowest BCUT2D eigenvalue weighted by atomic mass is 10.3. The SMILES string of the molecule is CCOC(=O)c1cc[15n]cc1. The Bertz CT molecular complexity index is 233. The lowest BCUT2D eigenvalue weighted by Crippen LogP contribution is -2.03. The van der Waals surface area contributed by atoms with Crippen LogP contribution in [0.2, 0.25) is 0 Å². The summed E-state index contributed by atoms with van der Waals surface area (Å²) < 4.78 is 4.76. The van der Waals surface area contributed by atoms with E-state index in [9.17, 15) is 4.79 Å². The minimum absolute atomic E-state index is 0.296. The van der Waals surface area contributed by atoms with E-state index in [-0.39, 0.29) is 5.97 Å². The van der Waals surface area contributed by atoms with Crippen LogP contribution in [0.1, 0.15) is 17.3 Å². The molecule has 0 unspecified atom stereocenters. The third-order valence-electron chi connectivity index (χ3n) is 1.19. The van der Waals surface area contributed by atoms with Gasteiger partial charge in [0.15, 0.2) is 0 Å². The van der Waals surface area contributed by atoms with E-state index in [1.165, 1.54) is 0 Å². The van der Waals surface area contributed by atoms with Gasteiger partial charge >= 0.3 is 5.97 Å². The topological polar surface area (TPSA) is 39.2 Å². The second-order valence-corrected chi connectivity index (χ2v) is 1.96. The summed E-state index contributed by atoms with van der Waals surface area (Å²) in [5.41, 5.74) is 0.543. The Morgan fingerprint density at radius 1 is 1.55 bits per heavy atom. The van der Waals surface area contributed by atoms with E-state index in [1.54, 1.807) is 31.5 Å². The van der Waals surface area contributed by atoms with Gasteiger partial charge in [0, 0.05) is 12.4 Å². The fourth-order valence-electron chi connectivity index (χ4n) is 0.702. The largest absolute Gasteiger partial charge is 0.462 e. The molecule has 1 rings (SSSR count). The zero-order valence-corrected chi connectivity index (χ0v) is 6.28. The maximum Gasteiger partial charge on any atom is 0.338 e. The van der Waals surface area contributed by atoms with Crippen molar-refractivity contribution in [2.24, 2.45) is 0 Å². The number of nitrogens with zero attached hydrogens (tertiary/aromatic N) is 1. The van der Waals surface area contributed by atoms with Crippen LogP contribution in [0.25, 0.3) is 0 Å². The average Bonchev–Trinajstić information content (AvgIpc) is 2.07. The molecule has 0 saturated carbocycles. The number of ether oxygens (including phenoxy) is 1. The van der Waals surface area contributed by atoms with Gasteiger partial charge in [-0.05, 0) is 19.1 Å². The van der Waals surface area contributed by atoms with Gasteiger partial charge in [-0.25, -0.2) is 4.79 Å². The molecule has 11 heavy (non-hydrogen) atoms. The van der Waals surface area contributed by atoms with Crippen LogP contribution in [0, 0.1) is 0 Å². The lowest BCUT2D eigenvalue weighted by Gasteiger charge is -1.98. The Labute approximate surface area is 65.0 Å². The second-order valence-electron chi connectivity index (χ2n) is 1.96. The lowest BCUT2D eigenvalue weighted by molar-refractivity contribution is 0.0526. The van der Waals surface area contributed by atoms with Crippen molar-refractivity contribution in [2.45, 2.75) is 6.92 Å². The molecule has 1 aromatic heterocycles. The van der Waals surface area contributed by atoms with Crippen molar-refractivity contribution in [2.75, 3.05) is 6.61 Å². The number of carbonyl (C=O) groups excluding carboxylic acids is 1. The van der Waals surface area contributed by atoms with E-state index in [2.05, 4.69) is 4.98 Å². The Kier molecular flexibility index (Phi) is 2.60. The average molecular weight is 152 g/mol. The van der Waals surface area contributed by atoms with Crippen molar-refractivity contribution in [3.63, 3.8) is 0 Å². The number of esters is 1. The molecule has 0 atom stereocenters. The van der Waals surface area contributed by atoms with Gasteiger partial charge in [0.1, 0.15) is 0 Å². The van der Waals surface area contributed by atoms with Crippen LogP contribution in [0.5, 0.6) is 0 Å². The summed E-state index contributed by atoms with van der Waals surface area (Å²) in [6.07, 6.45) is 3.12. The Balaban J connectivity index is 2.69. The number of aromatic nitrogens is 1. The van der Waals surface area contributed by atoms with Crippen LogP contribution >= 0.6 is 0 Å². The first kappa shape index (κ1) is 7.72. The predicted octanol–water partition coefficient (Wildman–Crippen LogP) is 1.26. The Morgan fingerprint density at radius 3 is 2.73 bits per heavy atom. The maximum absolute atomic E-state index is 11.0. The van der Waals surface area contributed by atoms with Gasteiger partial charge in [-0.1, -0.05) is 0 Å². The van der Waals surface area contributed by atoms with Crippen molar-refractivity contribution >= 4 is 5.97 Å². The summed E-state index contributed by atoms with van der Waals surface area (Å²) in [6, 6.07) is 3.25. The minimum atomic E-state index is -0.296. The van der Waals surface area contributed by atoms with Gasteiger partial charge in [0.2, 0.25) is 0 Å². The Morgan fingerprint density at radius 2 is 2.18 bits per heavy atom. The summed E-state index contributed by atoms with van der Waals surface area (Å²) in [4.78, 5) is 14.8. The molecular formula is C8H9NO2. The van der Waals surface area contributed by atoms with Crippen LogP contribution in [0.15, 0.2) is 24.5 Å². The quantitative estimate of drug-likeness (QED) is 0.599. The molecule has 1 heterocycles. The molecule has 0 fully saturated rings. The number of hydrogen-bond acceptors (Lipinski definition) is 3. The number of carbonyl (C=O) groups is 1. The highest BCUT2D eigenvalue weighted by Gasteiger charge is 2.02. The van der Waals surface area contributed by atoms with E-state index >= 15 is 0 Å². The molecule has 3 heteroatoms. The monoisotopic (exact) mass is 152 g/mol. The summed E-state index contributed by atoms with van der Waals surface area (Å²) >= 11 is 0. The van der Waals surface area contributed by atoms with Gasteiger partial charge in [-0.3, -0.25) is 4.98 Å². The van der Waals surface area contributed by atoms with Crippen molar-refractivity contribution in [3.05, 3.63) is 30.1 Å². The van der Waals surface area contributed by atoms with Crippen LogP contribution < -0.4 is 0 Å². The van der Waals surface area contributed by atoms with Crippen LogP contribution in [-0.4, -0.2) is 17.6 Å². The predicted molar refractivity (Wildman–Crippen MR) is 40.2 cm³/mol. The van der Waals surface area contributed by atoms with Gasteiger partial charge in [0.05, 0.1) is 12.2 Å². The molecule has 0 aliphatic carbocycles. The van der Waals surface area contributed by atoms with Crippen LogP contribution in [0.4, 0.5) is 0 Å². The van der Waals surface area contributed by atoms with Crippen molar-refractivity contribution in [1.29, 1.82) is 0 Å². The van der Waals surface area contributed by atoms with E-state index in [4.69, 9.17) is 4.74 Å². The molecule has 0 N–H and O–H groups in total. The molecule has 0 saturated heterocycles. The zero-order chi connectivity index (χ0) is 8.10. The highest BCUT2D eigenvalue weighted by Crippen LogP contribution is 1.98. The third-order valence-corrected chi connectivity index (χ3v) is 1.19. The van der Waals surface area contributed by atoms with E-state index in [0.717, 1.165) is 0 Å². The molecule has 58 valence electrons. The molecule has 0 amide bonds. The van der Waals surface area contributed by atoms with E-state index in [1.807, 2.05) is 0 Å². The molecule has 0 aromatic carbocycles. The molecule has 0 radical (unpaired) electrons. The standard InChI is InChI=1S/C8H9NO2/c1-2-11-8(10)7-3-5-9-6-4-7/h3-6H,2H2,1H3/i9+1. The summed E-state index contributed by atoms with van der Waals surface area (Å²) in [5.74, 6) is -0.296. The second kappa shape index (κ2) is 3.71. The van der Waals surface area contributed by atoms with Crippen molar-refractivity contribution in [1.82, 2.24) is 4.98 Å². The number of hydrogen-bond donors (Lipinski definition) is 0. The highest BCUT2D eigenvalue weighted by molar-refractivity contribution is 5.89. The highest BCUT2D eigenvalue weighted by atomic mass is 16.5. The third kappa shape index (κ3) is 2.04. The smallest absolute Gasteiger partial charge is 0.338 e. The van der Waals surface area contributed by atoms with Gasteiger partial charge in [-0.15, -0.1) is 0 Å². The van der Waals surface area contributed by atoms with Gasteiger partial charge in [-0.2, -0.15) is 0 Å². The van der Waals surface area contributed by atoms with Gasteiger partial charge in [0.25, 0.3) is 0 Å². The summed E-state index contributed by atoms with van der Waals surface area (Å²) in [6.45, 7) is 2.18.